The Morgan fingerprint density at radius 1 is 1.33 bits per heavy atom. The fourth-order valence-corrected chi connectivity index (χ4v) is 5.38. The first-order valence-corrected chi connectivity index (χ1v) is 10.3. The van der Waals surface area contributed by atoms with Crippen LogP contribution < -0.4 is 5.32 Å². The topological polar surface area (TPSA) is 46.2 Å². The van der Waals surface area contributed by atoms with Crippen molar-refractivity contribution < 1.29 is 8.42 Å². The summed E-state index contributed by atoms with van der Waals surface area (Å²) in [5, 5.41) is 3.82. The Morgan fingerprint density at radius 2 is 2.05 bits per heavy atom. The zero-order chi connectivity index (χ0) is 15.6. The summed E-state index contributed by atoms with van der Waals surface area (Å²) in [4.78, 5) is 0. The molecule has 0 aliphatic heterocycles. The number of hydrogen-bond acceptors (Lipinski definition) is 3. The molecule has 0 spiro atoms. The second-order valence-electron chi connectivity index (χ2n) is 5.85. The van der Waals surface area contributed by atoms with E-state index >= 15 is 0 Å². The minimum atomic E-state index is -2.96. The van der Waals surface area contributed by atoms with Crippen LogP contribution in [0.1, 0.15) is 37.3 Å². The largest absolute Gasteiger partial charge is 0.313 e. The van der Waals surface area contributed by atoms with Gasteiger partial charge in [-0.2, -0.15) is 0 Å². The summed E-state index contributed by atoms with van der Waals surface area (Å²) in [6.45, 7) is 0. The molecule has 6 heteroatoms. The van der Waals surface area contributed by atoms with Gasteiger partial charge in [-0.1, -0.05) is 34.0 Å². The van der Waals surface area contributed by atoms with E-state index in [4.69, 9.17) is 11.6 Å². The van der Waals surface area contributed by atoms with E-state index in [1.807, 2.05) is 19.2 Å². The minimum absolute atomic E-state index is 0.129. The van der Waals surface area contributed by atoms with Gasteiger partial charge in [0.2, 0.25) is 0 Å². The van der Waals surface area contributed by atoms with Gasteiger partial charge in [0.25, 0.3) is 0 Å². The average Bonchev–Trinajstić information content (AvgIpc) is 2.38. The molecule has 118 valence electrons. The third-order valence-electron chi connectivity index (χ3n) is 4.30. The number of halogens is 2. The predicted molar refractivity (Wildman–Crippen MR) is 91.5 cm³/mol. The monoisotopic (exact) mass is 393 g/mol. The number of nitrogens with one attached hydrogen (secondary N) is 1. The van der Waals surface area contributed by atoms with Gasteiger partial charge in [-0.3, -0.25) is 0 Å². The summed E-state index contributed by atoms with van der Waals surface area (Å²) in [6.07, 6.45) is 4.86. The van der Waals surface area contributed by atoms with Crippen molar-refractivity contribution in [2.45, 2.75) is 37.0 Å². The van der Waals surface area contributed by atoms with Crippen LogP contribution in [0.5, 0.6) is 0 Å². The van der Waals surface area contributed by atoms with Gasteiger partial charge in [0, 0.05) is 21.8 Å². The van der Waals surface area contributed by atoms with E-state index < -0.39 is 9.84 Å². The second kappa shape index (κ2) is 6.99. The molecule has 1 aliphatic rings. The Morgan fingerprint density at radius 3 is 2.62 bits per heavy atom. The standard InChI is InChI=1S/C15H21BrClNO2S/c1-18-15(11-6-12(16)9-13(17)7-11)10-4-3-5-14(8-10)21(2,19)20/h6-7,9-10,14-15,18H,3-5,8H2,1-2H3. The van der Waals surface area contributed by atoms with Crippen LogP contribution in [0.25, 0.3) is 0 Å². The number of benzene rings is 1. The molecule has 1 aliphatic carbocycles. The van der Waals surface area contributed by atoms with Gasteiger partial charge in [-0.15, -0.1) is 0 Å². The maximum atomic E-state index is 11.8. The Balaban J connectivity index is 2.24. The zero-order valence-corrected chi connectivity index (χ0v) is 15.4. The lowest BCUT2D eigenvalue weighted by molar-refractivity contribution is 0.282. The second-order valence-corrected chi connectivity index (χ2v) is 9.53. The van der Waals surface area contributed by atoms with Crippen LogP contribution in [-0.4, -0.2) is 27.0 Å². The molecule has 3 atom stereocenters. The predicted octanol–water partition coefficient (Wildman–Crippen LogP) is 3.97. The number of rotatable bonds is 4. The Bertz CT molecular complexity index is 585. The first-order valence-electron chi connectivity index (χ1n) is 7.13. The van der Waals surface area contributed by atoms with Crippen molar-refractivity contribution in [3.63, 3.8) is 0 Å². The van der Waals surface area contributed by atoms with Gasteiger partial charge in [0.1, 0.15) is 9.84 Å². The molecule has 0 radical (unpaired) electrons. The highest BCUT2D eigenvalue weighted by Gasteiger charge is 2.33. The van der Waals surface area contributed by atoms with Crippen molar-refractivity contribution in [1.82, 2.24) is 5.32 Å². The minimum Gasteiger partial charge on any atom is -0.313 e. The number of hydrogen-bond donors (Lipinski definition) is 1. The summed E-state index contributed by atoms with van der Waals surface area (Å²) >= 11 is 9.61. The quantitative estimate of drug-likeness (QED) is 0.840. The molecule has 1 fully saturated rings. The molecule has 0 amide bonds. The van der Waals surface area contributed by atoms with Crippen LogP contribution in [0, 0.1) is 5.92 Å². The molecule has 1 saturated carbocycles. The van der Waals surface area contributed by atoms with E-state index in [0.29, 0.717) is 17.4 Å². The smallest absolute Gasteiger partial charge is 0.150 e. The van der Waals surface area contributed by atoms with Crippen LogP contribution >= 0.6 is 27.5 Å². The van der Waals surface area contributed by atoms with Gasteiger partial charge in [0.05, 0.1) is 5.25 Å². The molecular weight excluding hydrogens is 374 g/mol. The van der Waals surface area contributed by atoms with Crippen LogP contribution in [-0.2, 0) is 9.84 Å². The van der Waals surface area contributed by atoms with Gasteiger partial charge < -0.3 is 5.32 Å². The van der Waals surface area contributed by atoms with E-state index in [1.54, 1.807) is 0 Å². The Kier molecular flexibility index (Phi) is 5.74. The SMILES string of the molecule is CNC(c1cc(Cl)cc(Br)c1)C1CCCC(S(C)(=O)=O)C1. The van der Waals surface area contributed by atoms with E-state index in [2.05, 4.69) is 27.3 Å². The van der Waals surface area contributed by atoms with E-state index in [9.17, 15) is 8.42 Å². The highest BCUT2D eigenvalue weighted by molar-refractivity contribution is 9.10. The van der Waals surface area contributed by atoms with Crippen LogP contribution in [0.3, 0.4) is 0 Å². The lowest BCUT2D eigenvalue weighted by atomic mass is 9.81. The van der Waals surface area contributed by atoms with Gasteiger partial charge in [0.15, 0.2) is 0 Å². The molecule has 0 bridgehead atoms. The molecule has 21 heavy (non-hydrogen) atoms. The van der Waals surface area contributed by atoms with Crippen molar-refractivity contribution in [3.8, 4) is 0 Å². The third-order valence-corrected chi connectivity index (χ3v) is 6.61. The maximum absolute atomic E-state index is 11.8. The molecular formula is C15H21BrClNO2S. The summed E-state index contributed by atoms with van der Waals surface area (Å²) in [5.41, 5.74) is 1.11. The average molecular weight is 395 g/mol. The van der Waals surface area contributed by atoms with Crippen molar-refractivity contribution >= 4 is 37.4 Å². The molecule has 1 aromatic carbocycles. The van der Waals surface area contributed by atoms with Crippen molar-refractivity contribution in [1.29, 1.82) is 0 Å². The van der Waals surface area contributed by atoms with Crippen molar-refractivity contribution in [2.24, 2.45) is 5.92 Å². The van der Waals surface area contributed by atoms with Crippen molar-refractivity contribution in [3.05, 3.63) is 33.3 Å². The van der Waals surface area contributed by atoms with Crippen LogP contribution in [0.2, 0.25) is 5.02 Å². The highest BCUT2D eigenvalue weighted by Crippen LogP contribution is 2.38. The third kappa shape index (κ3) is 4.44. The van der Waals surface area contributed by atoms with Gasteiger partial charge in [-0.25, -0.2) is 8.42 Å². The highest BCUT2D eigenvalue weighted by atomic mass is 79.9. The molecule has 3 nitrogen and oxygen atoms in total. The summed E-state index contributed by atoms with van der Waals surface area (Å²) in [7, 11) is -1.04. The van der Waals surface area contributed by atoms with Crippen LogP contribution in [0.4, 0.5) is 0 Å². The van der Waals surface area contributed by atoms with Gasteiger partial charge >= 0.3 is 0 Å². The Hall–Kier alpha value is -0.100. The Labute approximate surface area is 140 Å². The van der Waals surface area contributed by atoms with E-state index in [-0.39, 0.29) is 11.3 Å². The molecule has 2 rings (SSSR count). The van der Waals surface area contributed by atoms with E-state index in [0.717, 1.165) is 29.3 Å². The van der Waals surface area contributed by atoms with Crippen LogP contribution in [0.15, 0.2) is 22.7 Å². The zero-order valence-electron chi connectivity index (χ0n) is 12.3. The molecule has 0 heterocycles. The summed E-state index contributed by atoms with van der Waals surface area (Å²) in [5.74, 6) is 0.314. The van der Waals surface area contributed by atoms with Gasteiger partial charge in [-0.05, 0) is 56.0 Å². The first-order chi connectivity index (χ1) is 9.81. The lowest BCUT2D eigenvalue weighted by Gasteiger charge is -2.34. The number of sulfone groups is 1. The molecule has 3 unspecified atom stereocenters. The fourth-order valence-electron chi connectivity index (χ4n) is 3.30. The first kappa shape index (κ1) is 17.3. The fraction of sp³-hybridized carbons (Fsp3) is 0.600. The van der Waals surface area contributed by atoms with E-state index in [1.165, 1.54) is 6.26 Å². The normalized spacial score (nSPS) is 24.8. The molecule has 1 aromatic rings. The summed E-state index contributed by atoms with van der Waals surface area (Å²) in [6, 6.07) is 6.00. The maximum Gasteiger partial charge on any atom is 0.150 e. The van der Waals surface area contributed by atoms with Crippen molar-refractivity contribution in [2.75, 3.05) is 13.3 Å². The molecule has 1 N–H and O–H groups in total. The molecule has 0 saturated heterocycles. The molecule has 0 aromatic heterocycles. The lowest BCUT2D eigenvalue weighted by Crippen LogP contribution is -2.34. The summed E-state index contributed by atoms with van der Waals surface area (Å²) < 4.78 is 24.6.